The summed E-state index contributed by atoms with van der Waals surface area (Å²) < 4.78 is 1.76. The molecule has 2 aromatic rings. The lowest BCUT2D eigenvalue weighted by molar-refractivity contribution is 0.767. The number of nitrogens with two attached hydrogens (primary N) is 1. The minimum Gasteiger partial charge on any atom is -0.389 e. The van der Waals surface area contributed by atoms with E-state index in [1.807, 2.05) is 19.4 Å². The van der Waals surface area contributed by atoms with E-state index in [2.05, 4.69) is 15.4 Å². The molecule has 0 amide bonds. The third-order valence-corrected chi connectivity index (χ3v) is 2.55. The molecule has 0 aliphatic carbocycles. The maximum absolute atomic E-state index is 5.63. The van der Waals surface area contributed by atoms with E-state index < -0.39 is 0 Å². The number of aryl methyl sites for hydroxylation is 1. The predicted octanol–water partition coefficient (Wildman–Crippen LogP) is 1.06. The number of pyridine rings is 1. The van der Waals surface area contributed by atoms with E-state index in [0.29, 0.717) is 11.5 Å². The number of aromatic nitrogens is 3. The van der Waals surface area contributed by atoms with Gasteiger partial charge in [0.25, 0.3) is 0 Å². The molecule has 0 fully saturated rings. The Balaban J connectivity index is 2.11. The Kier molecular flexibility index (Phi) is 3.34. The van der Waals surface area contributed by atoms with Crippen molar-refractivity contribution in [2.45, 2.75) is 6.54 Å². The Morgan fingerprint density at radius 2 is 2.35 bits per heavy atom. The molecule has 0 saturated carbocycles. The minimum absolute atomic E-state index is 0.362. The third-order valence-electron chi connectivity index (χ3n) is 2.33. The topological polar surface area (TPSA) is 68.8 Å². The Labute approximate surface area is 105 Å². The molecule has 0 aromatic carbocycles. The molecule has 0 spiro atoms. The van der Waals surface area contributed by atoms with Crippen molar-refractivity contribution in [2.24, 2.45) is 12.8 Å². The first kappa shape index (κ1) is 11.5. The van der Waals surface area contributed by atoms with Crippen molar-refractivity contribution in [3.8, 4) is 0 Å². The molecule has 5 nitrogen and oxygen atoms in total. The number of hydrogen-bond acceptors (Lipinski definition) is 4. The summed E-state index contributed by atoms with van der Waals surface area (Å²) >= 11 is 4.98. The second-order valence-corrected chi connectivity index (χ2v) is 4.10. The molecule has 17 heavy (non-hydrogen) atoms. The van der Waals surface area contributed by atoms with Crippen molar-refractivity contribution in [3.63, 3.8) is 0 Å². The number of nitrogens with one attached hydrogen (secondary N) is 1. The Morgan fingerprint density at radius 3 is 3.00 bits per heavy atom. The van der Waals surface area contributed by atoms with Crippen LogP contribution in [0.3, 0.4) is 0 Å². The first-order chi connectivity index (χ1) is 8.16. The Bertz CT molecular complexity index is 534. The van der Waals surface area contributed by atoms with Crippen LogP contribution in [-0.4, -0.2) is 19.8 Å². The van der Waals surface area contributed by atoms with Crippen molar-refractivity contribution in [2.75, 3.05) is 5.32 Å². The molecule has 2 heterocycles. The van der Waals surface area contributed by atoms with Gasteiger partial charge in [-0.15, -0.1) is 0 Å². The summed E-state index contributed by atoms with van der Waals surface area (Å²) in [6, 6.07) is 1.80. The number of nitrogens with zero attached hydrogens (tertiary/aromatic N) is 3. The van der Waals surface area contributed by atoms with E-state index in [1.54, 1.807) is 23.1 Å². The first-order valence-corrected chi connectivity index (χ1v) is 5.53. The van der Waals surface area contributed by atoms with Gasteiger partial charge in [0.15, 0.2) is 0 Å². The van der Waals surface area contributed by atoms with E-state index in [1.165, 1.54) is 0 Å². The van der Waals surface area contributed by atoms with Crippen LogP contribution in [0, 0.1) is 0 Å². The van der Waals surface area contributed by atoms with Gasteiger partial charge in [0, 0.05) is 37.1 Å². The van der Waals surface area contributed by atoms with Gasteiger partial charge in [0.05, 0.1) is 18.1 Å². The van der Waals surface area contributed by atoms with Gasteiger partial charge in [0.1, 0.15) is 4.99 Å². The summed E-state index contributed by atoms with van der Waals surface area (Å²) in [6.45, 7) is 0.662. The van der Waals surface area contributed by atoms with Gasteiger partial charge < -0.3 is 11.1 Å². The van der Waals surface area contributed by atoms with Crippen molar-refractivity contribution < 1.29 is 0 Å². The number of rotatable bonds is 4. The van der Waals surface area contributed by atoms with Gasteiger partial charge in [-0.2, -0.15) is 5.10 Å². The predicted molar refractivity (Wildman–Crippen MR) is 70.7 cm³/mol. The minimum atomic E-state index is 0.362. The molecule has 2 rings (SSSR count). The van der Waals surface area contributed by atoms with E-state index >= 15 is 0 Å². The SMILES string of the molecule is Cn1cc(CNc2cnccc2C(N)=S)cn1. The molecule has 0 atom stereocenters. The fourth-order valence-corrected chi connectivity index (χ4v) is 1.69. The van der Waals surface area contributed by atoms with Crippen LogP contribution < -0.4 is 11.1 Å². The Morgan fingerprint density at radius 1 is 1.53 bits per heavy atom. The highest BCUT2D eigenvalue weighted by Gasteiger charge is 2.04. The molecule has 88 valence electrons. The zero-order valence-corrected chi connectivity index (χ0v) is 10.2. The van der Waals surface area contributed by atoms with Crippen molar-refractivity contribution in [1.82, 2.24) is 14.8 Å². The molecule has 0 saturated heterocycles. The molecule has 6 heteroatoms. The van der Waals surface area contributed by atoms with E-state index in [4.69, 9.17) is 18.0 Å². The molecular formula is C11H13N5S. The fourth-order valence-electron chi connectivity index (χ4n) is 1.51. The molecule has 2 aromatic heterocycles. The summed E-state index contributed by atoms with van der Waals surface area (Å²) in [6.07, 6.45) is 7.14. The smallest absolute Gasteiger partial charge is 0.106 e. The zero-order valence-electron chi connectivity index (χ0n) is 9.42. The second kappa shape index (κ2) is 4.92. The Hall–Kier alpha value is -1.95. The van der Waals surface area contributed by atoms with Gasteiger partial charge in [0.2, 0.25) is 0 Å². The highest BCUT2D eigenvalue weighted by atomic mass is 32.1. The molecule has 0 aliphatic heterocycles. The largest absolute Gasteiger partial charge is 0.389 e. The van der Waals surface area contributed by atoms with Crippen LogP contribution in [0.4, 0.5) is 5.69 Å². The lowest BCUT2D eigenvalue weighted by Crippen LogP contribution is -2.13. The van der Waals surface area contributed by atoms with Crippen LogP contribution >= 0.6 is 12.2 Å². The quantitative estimate of drug-likeness (QED) is 0.791. The van der Waals surface area contributed by atoms with Crippen LogP contribution in [0.25, 0.3) is 0 Å². The van der Waals surface area contributed by atoms with Crippen LogP contribution in [0.5, 0.6) is 0 Å². The highest BCUT2D eigenvalue weighted by Crippen LogP contribution is 2.14. The van der Waals surface area contributed by atoms with E-state index in [-0.39, 0.29) is 0 Å². The van der Waals surface area contributed by atoms with Crippen LogP contribution in [0.1, 0.15) is 11.1 Å². The van der Waals surface area contributed by atoms with Gasteiger partial charge >= 0.3 is 0 Å². The van der Waals surface area contributed by atoms with Crippen molar-refractivity contribution in [1.29, 1.82) is 0 Å². The summed E-state index contributed by atoms with van der Waals surface area (Å²) in [7, 11) is 1.88. The lowest BCUT2D eigenvalue weighted by atomic mass is 10.2. The van der Waals surface area contributed by atoms with Gasteiger partial charge in [-0.25, -0.2) is 0 Å². The fraction of sp³-hybridized carbons (Fsp3) is 0.182. The highest BCUT2D eigenvalue weighted by molar-refractivity contribution is 7.80. The number of hydrogen-bond donors (Lipinski definition) is 2. The molecule has 0 unspecified atom stereocenters. The van der Waals surface area contributed by atoms with Crippen LogP contribution in [0.15, 0.2) is 30.9 Å². The van der Waals surface area contributed by atoms with Gasteiger partial charge in [-0.3, -0.25) is 9.67 Å². The van der Waals surface area contributed by atoms with Crippen molar-refractivity contribution in [3.05, 3.63) is 42.0 Å². The lowest BCUT2D eigenvalue weighted by Gasteiger charge is -2.09. The van der Waals surface area contributed by atoms with E-state index in [0.717, 1.165) is 16.8 Å². The normalized spacial score (nSPS) is 10.2. The van der Waals surface area contributed by atoms with Gasteiger partial charge in [-0.1, -0.05) is 12.2 Å². The zero-order chi connectivity index (χ0) is 12.3. The van der Waals surface area contributed by atoms with Crippen molar-refractivity contribution >= 4 is 22.9 Å². The molecule has 0 radical (unpaired) electrons. The second-order valence-electron chi connectivity index (χ2n) is 3.66. The molecule has 0 bridgehead atoms. The van der Waals surface area contributed by atoms with Crippen LogP contribution in [-0.2, 0) is 13.6 Å². The standard InChI is InChI=1S/C11H13N5S/c1-16-7-8(5-15-16)4-14-10-6-13-3-2-9(10)11(12)17/h2-3,5-7,14H,4H2,1H3,(H2,12,17). The average molecular weight is 247 g/mol. The number of thiocarbonyl (C=S) groups is 1. The van der Waals surface area contributed by atoms with Gasteiger partial charge in [-0.05, 0) is 6.07 Å². The summed E-state index contributed by atoms with van der Waals surface area (Å²) in [5.74, 6) is 0. The third kappa shape index (κ3) is 2.79. The monoisotopic (exact) mass is 247 g/mol. The molecule has 0 aliphatic rings. The summed E-state index contributed by atoms with van der Waals surface area (Å²) in [4.78, 5) is 4.41. The maximum atomic E-state index is 5.63. The molecule has 3 N–H and O–H groups in total. The van der Waals surface area contributed by atoms with Crippen LogP contribution in [0.2, 0.25) is 0 Å². The summed E-state index contributed by atoms with van der Waals surface area (Å²) in [5, 5.41) is 7.34. The maximum Gasteiger partial charge on any atom is 0.106 e. The average Bonchev–Trinajstić information content (AvgIpc) is 2.73. The molecular weight excluding hydrogens is 234 g/mol. The summed E-state index contributed by atoms with van der Waals surface area (Å²) in [5.41, 5.74) is 8.36. The first-order valence-electron chi connectivity index (χ1n) is 5.12. The number of anilines is 1. The van der Waals surface area contributed by atoms with E-state index in [9.17, 15) is 0 Å².